The summed E-state index contributed by atoms with van der Waals surface area (Å²) in [7, 11) is 0. The molecule has 0 radical (unpaired) electrons. The Bertz CT molecular complexity index is 168. The maximum Gasteiger partial charge on any atom is 0.101 e. The van der Waals surface area contributed by atoms with E-state index in [1.54, 1.807) is 12.3 Å². The van der Waals surface area contributed by atoms with Crippen LogP contribution in [0.2, 0.25) is 0 Å². The first-order chi connectivity index (χ1) is 5.16. The number of alkyl halides is 1. The summed E-state index contributed by atoms with van der Waals surface area (Å²) in [6, 6.07) is 0. The zero-order valence-electron chi connectivity index (χ0n) is 7.05. The highest BCUT2D eigenvalue weighted by molar-refractivity contribution is 5.28. The van der Waals surface area contributed by atoms with Gasteiger partial charge in [0, 0.05) is 6.20 Å². The predicted octanol–water partition coefficient (Wildman–Crippen LogP) is 2.90. The quantitative estimate of drug-likeness (QED) is 0.437. The van der Waals surface area contributed by atoms with Gasteiger partial charge in [0.2, 0.25) is 0 Å². The van der Waals surface area contributed by atoms with Gasteiger partial charge in [-0.3, -0.25) is 4.99 Å². The molecule has 0 aromatic heterocycles. The monoisotopic (exact) mass is 155 g/mol. The van der Waals surface area contributed by atoms with E-state index in [1.807, 2.05) is 13.0 Å². The van der Waals surface area contributed by atoms with Crippen LogP contribution in [0.5, 0.6) is 0 Å². The highest BCUT2D eigenvalue weighted by atomic mass is 19.1. The van der Waals surface area contributed by atoms with Crippen molar-refractivity contribution < 1.29 is 4.39 Å². The Labute approximate surface area is 67.3 Å². The molecule has 1 nitrogen and oxygen atoms in total. The topological polar surface area (TPSA) is 12.4 Å². The van der Waals surface area contributed by atoms with Gasteiger partial charge in [0.05, 0.1) is 0 Å². The van der Waals surface area contributed by atoms with Gasteiger partial charge in [-0.05, 0) is 32.6 Å². The van der Waals surface area contributed by atoms with Crippen molar-refractivity contribution in [2.75, 3.05) is 0 Å². The van der Waals surface area contributed by atoms with E-state index in [2.05, 4.69) is 11.7 Å². The van der Waals surface area contributed by atoms with Gasteiger partial charge in [-0.2, -0.15) is 0 Å². The normalized spacial score (nSPS) is 15.4. The SMILES string of the molecule is C=N/C=C(C)\C=C/CC(C)F. The van der Waals surface area contributed by atoms with Crippen molar-refractivity contribution in [2.24, 2.45) is 4.99 Å². The second-order valence-corrected chi connectivity index (χ2v) is 2.47. The summed E-state index contributed by atoms with van der Waals surface area (Å²) in [5, 5.41) is 0. The van der Waals surface area contributed by atoms with Crippen molar-refractivity contribution in [2.45, 2.75) is 26.4 Å². The molecule has 0 heterocycles. The molecule has 11 heavy (non-hydrogen) atoms. The van der Waals surface area contributed by atoms with Gasteiger partial charge in [-0.15, -0.1) is 0 Å². The smallest absolute Gasteiger partial charge is 0.101 e. The number of rotatable bonds is 4. The van der Waals surface area contributed by atoms with Crippen LogP contribution in [-0.2, 0) is 0 Å². The number of nitrogens with zero attached hydrogens (tertiary/aromatic N) is 1. The van der Waals surface area contributed by atoms with Crippen LogP contribution in [0.3, 0.4) is 0 Å². The van der Waals surface area contributed by atoms with E-state index in [9.17, 15) is 4.39 Å². The maximum absolute atomic E-state index is 12.2. The molecule has 62 valence electrons. The predicted molar refractivity (Wildman–Crippen MR) is 47.6 cm³/mol. The van der Waals surface area contributed by atoms with Crippen molar-refractivity contribution in [3.8, 4) is 0 Å². The molecule has 0 spiro atoms. The maximum atomic E-state index is 12.2. The molecule has 0 saturated carbocycles. The molecule has 1 atom stereocenters. The summed E-state index contributed by atoms with van der Waals surface area (Å²) in [4.78, 5) is 3.58. The second-order valence-electron chi connectivity index (χ2n) is 2.47. The largest absolute Gasteiger partial charge is 0.272 e. The van der Waals surface area contributed by atoms with Crippen molar-refractivity contribution in [1.29, 1.82) is 0 Å². The summed E-state index contributed by atoms with van der Waals surface area (Å²) in [5.41, 5.74) is 0.987. The highest BCUT2D eigenvalue weighted by Crippen LogP contribution is 2.00. The van der Waals surface area contributed by atoms with Gasteiger partial charge in [0.25, 0.3) is 0 Å². The van der Waals surface area contributed by atoms with Crippen LogP contribution in [0.25, 0.3) is 0 Å². The fraction of sp³-hybridized carbons (Fsp3) is 0.444. The highest BCUT2D eigenvalue weighted by Gasteiger charge is 1.90. The van der Waals surface area contributed by atoms with E-state index in [0.717, 1.165) is 5.57 Å². The first-order valence-electron chi connectivity index (χ1n) is 3.60. The van der Waals surface area contributed by atoms with Crippen molar-refractivity contribution in [3.05, 3.63) is 23.9 Å². The molecule has 0 bridgehead atoms. The van der Waals surface area contributed by atoms with Crippen LogP contribution >= 0.6 is 0 Å². The minimum absolute atomic E-state index is 0.461. The van der Waals surface area contributed by atoms with Crippen molar-refractivity contribution in [3.63, 3.8) is 0 Å². The third-order valence-corrected chi connectivity index (χ3v) is 1.14. The Hall–Kier alpha value is -0.920. The summed E-state index contributed by atoms with van der Waals surface area (Å²) < 4.78 is 12.2. The van der Waals surface area contributed by atoms with Gasteiger partial charge in [-0.25, -0.2) is 4.39 Å². The van der Waals surface area contributed by atoms with Crippen LogP contribution < -0.4 is 0 Å². The average Bonchev–Trinajstić information content (AvgIpc) is 1.87. The minimum Gasteiger partial charge on any atom is -0.272 e. The van der Waals surface area contributed by atoms with E-state index in [-0.39, 0.29) is 0 Å². The molecule has 0 rings (SSSR count). The van der Waals surface area contributed by atoms with Crippen LogP contribution in [0.4, 0.5) is 4.39 Å². The van der Waals surface area contributed by atoms with Crippen LogP contribution in [0, 0.1) is 0 Å². The Morgan fingerprint density at radius 1 is 1.73 bits per heavy atom. The Morgan fingerprint density at radius 3 is 2.82 bits per heavy atom. The first kappa shape index (κ1) is 10.1. The molecule has 1 unspecified atom stereocenters. The Morgan fingerprint density at radius 2 is 2.36 bits per heavy atom. The van der Waals surface area contributed by atoms with Crippen LogP contribution in [-0.4, -0.2) is 12.9 Å². The van der Waals surface area contributed by atoms with E-state index in [4.69, 9.17) is 0 Å². The second kappa shape index (κ2) is 5.83. The Kier molecular flexibility index (Phi) is 5.35. The number of hydrogen-bond acceptors (Lipinski definition) is 1. The number of halogens is 1. The number of hydrogen-bond donors (Lipinski definition) is 0. The lowest BCUT2D eigenvalue weighted by Crippen LogP contribution is -1.86. The molecule has 0 aliphatic carbocycles. The third kappa shape index (κ3) is 6.97. The average molecular weight is 155 g/mol. The molecule has 0 aromatic rings. The van der Waals surface area contributed by atoms with Crippen molar-refractivity contribution in [1.82, 2.24) is 0 Å². The lowest BCUT2D eigenvalue weighted by molar-refractivity contribution is 0.365. The fourth-order valence-electron chi connectivity index (χ4n) is 0.628. The number of aliphatic imine (C=N–C) groups is 1. The third-order valence-electron chi connectivity index (χ3n) is 1.14. The number of allylic oxidation sites excluding steroid dienone is 3. The Balaban J connectivity index is 3.73. The van der Waals surface area contributed by atoms with Crippen LogP contribution in [0.1, 0.15) is 20.3 Å². The summed E-state index contributed by atoms with van der Waals surface area (Å²) in [6.07, 6.45) is 4.96. The molecule has 0 aliphatic rings. The molecule has 2 heteroatoms. The van der Waals surface area contributed by atoms with Gasteiger partial charge < -0.3 is 0 Å². The van der Waals surface area contributed by atoms with E-state index in [0.29, 0.717) is 6.42 Å². The van der Waals surface area contributed by atoms with E-state index < -0.39 is 6.17 Å². The first-order valence-corrected chi connectivity index (χ1v) is 3.60. The lowest BCUT2D eigenvalue weighted by atomic mass is 10.2. The summed E-state index contributed by atoms with van der Waals surface area (Å²) in [6.45, 7) is 6.74. The van der Waals surface area contributed by atoms with Gasteiger partial charge in [0.15, 0.2) is 0 Å². The lowest BCUT2D eigenvalue weighted by Gasteiger charge is -1.92. The zero-order chi connectivity index (χ0) is 8.69. The van der Waals surface area contributed by atoms with Crippen molar-refractivity contribution >= 4 is 6.72 Å². The van der Waals surface area contributed by atoms with Gasteiger partial charge in [0.1, 0.15) is 6.17 Å². The molecule has 0 amide bonds. The standard InChI is InChI=1S/C9H14FN/c1-8(7-11-3)5-4-6-9(2)10/h4-5,7,9H,3,6H2,1-2H3/b5-4-,8-7-. The molecular weight excluding hydrogens is 141 g/mol. The summed E-state index contributed by atoms with van der Waals surface area (Å²) in [5.74, 6) is 0. The van der Waals surface area contributed by atoms with Crippen LogP contribution in [0.15, 0.2) is 28.9 Å². The summed E-state index contributed by atoms with van der Waals surface area (Å²) >= 11 is 0. The molecule has 0 aromatic carbocycles. The zero-order valence-corrected chi connectivity index (χ0v) is 7.05. The van der Waals surface area contributed by atoms with E-state index in [1.165, 1.54) is 6.92 Å². The fourth-order valence-corrected chi connectivity index (χ4v) is 0.628. The van der Waals surface area contributed by atoms with E-state index >= 15 is 0 Å². The molecule has 0 fully saturated rings. The molecular formula is C9H14FN. The van der Waals surface area contributed by atoms with Gasteiger partial charge in [-0.1, -0.05) is 12.2 Å². The molecule has 0 saturated heterocycles. The van der Waals surface area contributed by atoms with Gasteiger partial charge >= 0.3 is 0 Å². The molecule has 0 aliphatic heterocycles. The minimum atomic E-state index is -0.768. The molecule has 0 N–H and O–H groups in total.